The number of hydrogen-bond donors (Lipinski definition) is 2. The Kier molecular flexibility index (Phi) is 8.24. The molecule has 5 heterocycles. The van der Waals surface area contributed by atoms with Crippen molar-refractivity contribution in [1.82, 2.24) is 25.3 Å². The Morgan fingerprint density at radius 3 is 2.57 bits per heavy atom. The van der Waals surface area contributed by atoms with Crippen LogP contribution in [0.3, 0.4) is 0 Å². The number of nitrogens with one attached hydrogen (secondary N) is 2. The van der Waals surface area contributed by atoms with E-state index in [9.17, 15) is 0 Å². The van der Waals surface area contributed by atoms with Crippen LogP contribution in [0.25, 0.3) is 22.3 Å². The second-order valence-electron chi connectivity index (χ2n) is 11.2. The summed E-state index contributed by atoms with van der Waals surface area (Å²) in [5, 5.41) is 5.01. The first-order valence-electron chi connectivity index (χ1n) is 13.1. The molecule has 2 aliphatic rings. The summed E-state index contributed by atoms with van der Waals surface area (Å²) < 4.78 is 4.95. The van der Waals surface area contributed by atoms with Crippen LogP contribution in [0.4, 0.5) is 5.69 Å². The fourth-order valence-corrected chi connectivity index (χ4v) is 6.05. The van der Waals surface area contributed by atoms with Crippen LogP contribution in [-0.4, -0.2) is 66.9 Å². The van der Waals surface area contributed by atoms with E-state index in [1.165, 1.54) is 49.2 Å². The first kappa shape index (κ1) is 25.8. The molecule has 2 aliphatic heterocycles. The summed E-state index contributed by atoms with van der Waals surface area (Å²) in [6.45, 7) is 13.2. The smallest absolute Gasteiger partial charge is 0.140 e. The molecule has 5 rings (SSSR count). The van der Waals surface area contributed by atoms with Crippen LogP contribution in [0, 0.1) is 6.92 Å². The minimum absolute atomic E-state index is 0.272. The van der Waals surface area contributed by atoms with Crippen LogP contribution >= 0.6 is 0 Å². The van der Waals surface area contributed by atoms with Gasteiger partial charge in [0.05, 0.1) is 16.8 Å². The Labute approximate surface area is 211 Å². The Bertz CT molecular complexity index is 1100. The summed E-state index contributed by atoms with van der Waals surface area (Å²) in [7, 11) is 0.961. The van der Waals surface area contributed by atoms with Gasteiger partial charge in [0.1, 0.15) is 11.5 Å². The predicted molar refractivity (Wildman–Crippen MR) is 148 cm³/mol. The molecule has 0 bridgehead atoms. The van der Waals surface area contributed by atoms with Crippen molar-refractivity contribution in [2.75, 3.05) is 38.3 Å². The number of fused-ring (bicyclic) bond motifs is 1. The summed E-state index contributed by atoms with van der Waals surface area (Å²) in [4.78, 5) is 19.4. The molecule has 3 aromatic heterocycles. The lowest BCUT2D eigenvalue weighted by atomic mass is 9.81. The number of piperidine rings is 2. The molecule has 8 heteroatoms. The van der Waals surface area contributed by atoms with E-state index in [4.69, 9.17) is 4.74 Å². The standard InChI is InChI=1S/C21H26N6.C6H16OSi/c1-15-22-10-5-17(26-15)16-13-24-20-19(16)18(6-11-23-20)27-12-4-8-21(14-27)7-2-3-9-25-21;1-7-5-6-8(2,3)4/h5-6,10-11,13,25H,2-4,7-9,12,14H2,1H3,(H,23,24);5-6H2,1-4H3. The summed E-state index contributed by atoms with van der Waals surface area (Å²) in [5.74, 6) is 0.788. The largest absolute Gasteiger partial charge is 0.385 e. The molecule has 2 saturated heterocycles. The van der Waals surface area contributed by atoms with Crippen molar-refractivity contribution in [3.63, 3.8) is 0 Å². The minimum atomic E-state index is -0.803. The Morgan fingerprint density at radius 2 is 1.89 bits per heavy atom. The van der Waals surface area contributed by atoms with Gasteiger partial charge in [0.15, 0.2) is 0 Å². The lowest BCUT2D eigenvalue weighted by Gasteiger charge is -2.47. The molecule has 1 spiro atoms. The number of aromatic nitrogens is 4. The Hall–Kier alpha value is -2.29. The van der Waals surface area contributed by atoms with Gasteiger partial charge in [-0.25, -0.2) is 15.0 Å². The lowest BCUT2D eigenvalue weighted by molar-refractivity contribution is 0.214. The average molecular weight is 495 g/mol. The van der Waals surface area contributed by atoms with Crippen molar-refractivity contribution in [2.24, 2.45) is 0 Å². The van der Waals surface area contributed by atoms with Crippen LogP contribution in [0.5, 0.6) is 0 Å². The first-order chi connectivity index (χ1) is 16.8. The number of pyridine rings is 1. The summed E-state index contributed by atoms with van der Waals surface area (Å²) in [6.07, 6.45) is 12.2. The van der Waals surface area contributed by atoms with E-state index in [1.54, 1.807) is 7.11 Å². The quantitative estimate of drug-likeness (QED) is 0.462. The van der Waals surface area contributed by atoms with Gasteiger partial charge in [-0.2, -0.15) is 0 Å². The monoisotopic (exact) mass is 494 g/mol. The number of rotatable bonds is 5. The fraction of sp³-hybridized carbons (Fsp3) is 0.593. The van der Waals surface area contributed by atoms with Crippen molar-refractivity contribution in [2.45, 2.75) is 70.3 Å². The van der Waals surface area contributed by atoms with Crippen molar-refractivity contribution in [3.8, 4) is 11.3 Å². The Morgan fingerprint density at radius 1 is 1.09 bits per heavy atom. The number of ether oxygens (including phenoxy) is 1. The number of aryl methyl sites for hydroxylation is 1. The van der Waals surface area contributed by atoms with Gasteiger partial charge in [-0.15, -0.1) is 0 Å². The maximum Gasteiger partial charge on any atom is 0.140 e. The highest BCUT2D eigenvalue weighted by Gasteiger charge is 2.37. The molecule has 2 fully saturated rings. The first-order valence-corrected chi connectivity index (χ1v) is 16.8. The molecule has 7 nitrogen and oxygen atoms in total. The van der Waals surface area contributed by atoms with Crippen LogP contribution in [0.15, 0.2) is 30.7 Å². The Balaban J connectivity index is 0.000000314. The second kappa shape index (κ2) is 11.2. The zero-order chi connectivity index (χ0) is 24.9. The molecule has 190 valence electrons. The number of methoxy groups -OCH3 is 1. The van der Waals surface area contributed by atoms with Crippen LogP contribution in [0.2, 0.25) is 25.7 Å². The highest BCUT2D eigenvalue weighted by atomic mass is 28.3. The molecule has 35 heavy (non-hydrogen) atoms. The molecule has 3 aromatic rings. The molecule has 1 atom stereocenters. The van der Waals surface area contributed by atoms with E-state index in [-0.39, 0.29) is 5.54 Å². The highest BCUT2D eigenvalue weighted by molar-refractivity contribution is 6.76. The molecule has 0 amide bonds. The normalized spacial score (nSPS) is 20.7. The fourth-order valence-electron chi connectivity index (χ4n) is 5.24. The van der Waals surface area contributed by atoms with E-state index in [2.05, 4.69) is 55.9 Å². The van der Waals surface area contributed by atoms with Crippen molar-refractivity contribution in [1.29, 1.82) is 0 Å². The maximum atomic E-state index is 4.95. The second-order valence-corrected chi connectivity index (χ2v) is 16.9. The van der Waals surface area contributed by atoms with E-state index in [1.807, 2.05) is 31.6 Å². The maximum absolute atomic E-state index is 4.95. The number of nitrogens with zero attached hydrogens (tertiary/aromatic N) is 4. The number of hydrogen-bond acceptors (Lipinski definition) is 6. The van der Waals surface area contributed by atoms with Crippen LogP contribution in [0.1, 0.15) is 37.9 Å². The summed E-state index contributed by atoms with van der Waals surface area (Å²) >= 11 is 0. The van der Waals surface area contributed by atoms with Gasteiger partial charge in [-0.05, 0) is 57.3 Å². The van der Waals surface area contributed by atoms with E-state index < -0.39 is 8.07 Å². The average Bonchev–Trinajstić information content (AvgIpc) is 3.28. The topological polar surface area (TPSA) is 79.0 Å². The van der Waals surface area contributed by atoms with E-state index >= 15 is 0 Å². The van der Waals surface area contributed by atoms with Gasteiger partial charge in [0.25, 0.3) is 0 Å². The van der Waals surface area contributed by atoms with Gasteiger partial charge in [0, 0.05) is 64.6 Å². The zero-order valence-corrected chi connectivity index (χ0v) is 23.2. The van der Waals surface area contributed by atoms with Crippen molar-refractivity contribution >= 4 is 24.8 Å². The zero-order valence-electron chi connectivity index (χ0n) is 22.2. The highest BCUT2D eigenvalue weighted by Crippen LogP contribution is 2.38. The number of aromatic amines is 1. The molecule has 0 saturated carbocycles. The van der Waals surface area contributed by atoms with Gasteiger partial charge in [-0.1, -0.05) is 26.1 Å². The summed E-state index contributed by atoms with van der Waals surface area (Å²) in [6, 6.07) is 5.42. The molecule has 1 unspecified atom stereocenters. The lowest BCUT2D eigenvalue weighted by Crippen LogP contribution is -2.59. The predicted octanol–water partition coefficient (Wildman–Crippen LogP) is 5.41. The third-order valence-electron chi connectivity index (χ3n) is 7.16. The van der Waals surface area contributed by atoms with Gasteiger partial charge in [-0.3, -0.25) is 0 Å². The molecular weight excluding hydrogens is 452 g/mol. The van der Waals surface area contributed by atoms with Crippen molar-refractivity contribution in [3.05, 3.63) is 36.5 Å². The summed E-state index contributed by atoms with van der Waals surface area (Å²) in [5.41, 5.74) is 4.52. The van der Waals surface area contributed by atoms with Crippen LogP contribution in [-0.2, 0) is 4.74 Å². The van der Waals surface area contributed by atoms with Gasteiger partial charge in [0.2, 0.25) is 0 Å². The molecule has 0 radical (unpaired) electrons. The van der Waals surface area contributed by atoms with Gasteiger partial charge < -0.3 is 19.9 Å². The van der Waals surface area contributed by atoms with Crippen molar-refractivity contribution < 1.29 is 4.74 Å². The number of anilines is 1. The molecule has 0 aliphatic carbocycles. The molecule has 0 aromatic carbocycles. The SMILES string of the molecule is COCC[Si](C)(C)C.Cc1nccc(-c2c[nH]c3nccc(N4CCCC5(CCCCN5)C4)c23)n1. The molecular formula is C27H42N6OSi. The molecule has 2 N–H and O–H groups in total. The van der Waals surface area contributed by atoms with E-state index in [0.717, 1.165) is 49.0 Å². The third-order valence-corrected chi connectivity index (χ3v) is 8.86. The van der Waals surface area contributed by atoms with Crippen LogP contribution < -0.4 is 10.2 Å². The van der Waals surface area contributed by atoms with Gasteiger partial charge >= 0.3 is 0 Å². The minimum Gasteiger partial charge on any atom is -0.385 e. The van der Waals surface area contributed by atoms with E-state index in [0.29, 0.717) is 0 Å². The third kappa shape index (κ3) is 6.48. The number of H-pyrrole nitrogens is 1.